The molecule has 0 aromatic rings. The highest BCUT2D eigenvalue weighted by atomic mass is 16.5. The van der Waals surface area contributed by atoms with Crippen LogP contribution in [0.5, 0.6) is 0 Å². The van der Waals surface area contributed by atoms with Crippen LogP contribution in [-0.4, -0.2) is 29.8 Å². The van der Waals surface area contributed by atoms with E-state index in [0.717, 1.165) is 13.2 Å². The van der Waals surface area contributed by atoms with Crippen molar-refractivity contribution in [3.8, 4) is 0 Å². The Bertz CT molecular complexity index is 134. The Labute approximate surface area is 55.1 Å². The summed E-state index contributed by atoms with van der Waals surface area (Å²) in [7, 11) is 0. The smallest absolute Gasteiger partial charge is 0.325 e. The van der Waals surface area contributed by atoms with Crippen LogP contribution < -0.4 is 5.73 Å². The van der Waals surface area contributed by atoms with E-state index < -0.39 is 0 Å². The molecule has 52 valence electrons. The largest absolute Gasteiger partial charge is 0.444 e. The van der Waals surface area contributed by atoms with Gasteiger partial charge in [-0.2, -0.15) is 4.58 Å². The van der Waals surface area contributed by atoms with Gasteiger partial charge in [-0.25, -0.2) is 0 Å². The van der Waals surface area contributed by atoms with E-state index in [1.54, 1.807) is 6.40 Å². The molecule has 0 fully saturated rings. The second-order valence-electron chi connectivity index (χ2n) is 2.82. The van der Waals surface area contributed by atoms with Gasteiger partial charge in [0.2, 0.25) is 5.66 Å². The van der Waals surface area contributed by atoms with Crippen molar-refractivity contribution in [3.05, 3.63) is 0 Å². The summed E-state index contributed by atoms with van der Waals surface area (Å²) in [5, 5.41) is 0. The molecule has 0 aromatic heterocycles. The van der Waals surface area contributed by atoms with Crippen molar-refractivity contribution >= 4 is 6.40 Å². The highest BCUT2D eigenvalue weighted by Crippen LogP contribution is 2.01. The molecule has 1 aliphatic rings. The van der Waals surface area contributed by atoms with Gasteiger partial charge in [-0.05, 0) is 0 Å². The Hall–Kier alpha value is -0.570. The maximum atomic E-state index is 5.76. The molecule has 0 aromatic carbocycles. The van der Waals surface area contributed by atoms with Crippen LogP contribution in [0.1, 0.15) is 13.8 Å². The molecular weight excluding hydrogens is 116 g/mol. The third-order valence-corrected chi connectivity index (χ3v) is 1.39. The molecule has 2 N–H and O–H groups in total. The number of rotatable bonds is 1. The molecule has 3 heteroatoms. The summed E-state index contributed by atoms with van der Waals surface area (Å²) >= 11 is 0. The lowest BCUT2D eigenvalue weighted by Crippen LogP contribution is -2.44. The van der Waals surface area contributed by atoms with E-state index >= 15 is 0 Å². The predicted octanol–water partition coefficient (Wildman–Crippen LogP) is -0.248. The molecule has 1 aliphatic heterocycles. The van der Waals surface area contributed by atoms with Gasteiger partial charge in [0, 0.05) is 13.8 Å². The summed E-state index contributed by atoms with van der Waals surface area (Å²) in [4.78, 5) is 0. The number of nitrogens with zero attached hydrogens (tertiary/aromatic N) is 1. The van der Waals surface area contributed by atoms with Crippen LogP contribution in [0, 0.1) is 0 Å². The maximum Gasteiger partial charge on any atom is 0.325 e. The lowest BCUT2D eigenvalue weighted by Gasteiger charge is -2.11. The zero-order valence-corrected chi connectivity index (χ0v) is 5.92. The molecule has 0 unspecified atom stereocenters. The second kappa shape index (κ2) is 1.99. The van der Waals surface area contributed by atoms with Gasteiger partial charge in [-0.1, -0.05) is 0 Å². The maximum absolute atomic E-state index is 5.76. The Morgan fingerprint density at radius 2 is 2.33 bits per heavy atom. The lowest BCUT2D eigenvalue weighted by molar-refractivity contribution is -0.588. The first kappa shape index (κ1) is 6.55. The lowest BCUT2D eigenvalue weighted by atomic mass is 10.2. The van der Waals surface area contributed by atoms with E-state index in [0.29, 0.717) is 0 Å². The topological polar surface area (TPSA) is 38.3 Å². The summed E-state index contributed by atoms with van der Waals surface area (Å²) in [5.41, 5.74) is 5.49. The first-order chi connectivity index (χ1) is 4.11. The minimum absolute atomic E-state index is 0.267. The van der Waals surface area contributed by atoms with E-state index in [-0.39, 0.29) is 5.66 Å². The quantitative estimate of drug-likeness (QED) is 0.496. The molecule has 0 radical (unpaired) electrons. The van der Waals surface area contributed by atoms with Gasteiger partial charge in [-0.3, -0.25) is 5.73 Å². The van der Waals surface area contributed by atoms with Crippen molar-refractivity contribution in [2.75, 3.05) is 13.2 Å². The SMILES string of the molecule is CC(C)(N)[N+]1=COCC1. The molecule has 0 atom stereocenters. The van der Waals surface area contributed by atoms with Gasteiger partial charge < -0.3 is 4.74 Å². The monoisotopic (exact) mass is 129 g/mol. The number of nitrogens with two attached hydrogens (primary N) is 1. The average Bonchev–Trinajstić information content (AvgIpc) is 2.08. The van der Waals surface area contributed by atoms with Crippen LogP contribution in [0.2, 0.25) is 0 Å². The zero-order valence-electron chi connectivity index (χ0n) is 5.92. The van der Waals surface area contributed by atoms with Gasteiger partial charge in [0.15, 0.2) is 13.2 Å². The molecule has 0 saturated carbocycles. The minimum atomic E-state index is -0.267. The van der Waals surface area contributed by atoms with Crippen LogP contribution in [0.3, 0.4) is 0 Å². The highest BCUT2D eigenvalue weighted by molar-refractivity contribution is 5.40. The molecule has 0 amide bonds. The predicted molar refractivity (Wildman–Crippen MR) is 35.4 cm³/mol. The standard InChI is InChI=1S/C6H13N2O/c1-6(2,7)8-3-4-9-5-8/h5H,3-4,7H2,1-2H3/q+1. The average molecular weight is 129 g/mol. The summed E-state index contributed by atoms with van der Waals surface area (Å²) in [6.07, 6.45) is 1.69. The van der Waals surface area contributed by atoms with Crippen LogP contribution in [0.4, 0.5) is 0 Å². The van der Waals surface area contributed by atoms with Crippen LogP contribution >= 0.6 is 0 Å². The van der Waals surface area contributed by atoms with E-state index in [2.05, 4.69) is 0 Å². The van der Waals surface area contributed by atoms with E-state index in [9.17, 15) is 0 Å². The van der Waals surface area contributed by atoms with Crippen molar-refractivity contribution in [1.82, 2.24) is 0 Å². The Kier molecular flexibility index (Phi) is 1.45. The fourth-order valence-electron chi connectivity index (χ4n) is 0.770. The summed E-state index contributed by atoms with van der Waals surface area (Å²) in [6, 6.07) is 0. The Balaban J connectivity index is 2.61. The molecule has 0 bridgehead atoms. The van der Waals surface area contributed by atoms with Gasteiger partial charge in [0.25, 0.3) is 0 Å². The number of hydrogen-bond acceptors (Lipinski definition) is 2. The van der Waals surface area contributed by atoms with Crippen LogP contribution in [-0.2, 0) is 4.74 Å². The normalized spacial score (nSPS) is 19.2. The van der Waals surface area contributed by atoms with Crippen molar-refractivity contribution in [3.63, 3.8) is 0 Å². The fourth-order valence-corrected chi connectivity index (χ4v) is 0.770. The summed E-state index contributed by atoms with van der Waals surface area (Å²) in [6.45, 7) is 5.58. The first-order valence-corrected chi connectivity index (χ1v) is 3.11. The molecule has 0 aliphatic carbocycles. The van der Waals surface area contributed by atoms with Crippen molar-refractivity contribution in [2.45, 2.75) is 19.5 Å². The van der Waals surface area contributed by atoms with Gasteiger partial charge in [-0.15, -0.1) is 0 Å². The second-order valence-corrected chi connectivity index (χ2v) is 2.82. The van der Waals surface area contributed by atoms with E-state index in [4.69, 9.17) is 10.5 Å². The van der Waals surface area contributed by atoms with Crippen molar-refractivity contribution in [1.29, 1.82) is 0 Å². The van der Waals surface area contributed by atoms with Crippen molar-refractivity contribution in [2.24, 2.45) is 5.73 Å². The Morgan fingerprint density at radius 1 is 1.67 bits per heavy atom. The Morgan fingerprint density at radius 3 is 2.56 bits per heavy atom. The van der Waals surface area contributed by atoms with Gasteiger partial charge in [0.1, 0.15) is 0 Å². The highest BCUT2D eigenvalue weighted by Gasteiger charge is 2.27. The van der Waals surface area contributed by atoms with Crippen LogP contribution in [0.15, 0.2) is 0 Å². The summed E-state index contributed by atoms with van der Waals surface area (Å²) in [5.74, 6) is 0. The molecule has 0 spiro atoms. The molecule has 1 rings (SSSR count). The minimum Gasteiger partial charge on any atom is -0.444 e. The molecular formula is C6H13N2O+. The molecule has 0 saturated heterocycles. The van der Waals surface area contributed by atoms with Gasteiger partial charge in [0.05, 0.1) is 0 Å². The third-order valence-electron chi connectivity index (χ3n) is 1.39. The van der Waals surface area contributed by atoms with Gasteiger partial charge >= 0.3 is 6.40 Å². The molecule has 9 heavy (non-hydrogen) atoms. The zero-order chi connectivity index (χ0) is 6.91. The third kappa shape index (κ3) is 1.42. The number of ether oxygens (including phenoxy) is 1. The molecule has 3 nitrogen and oxygen atoms in total. The number of hydrogen-bond donors (Lipinski definition) is 1. The summed E-state index contributed by atoms with van der Waals surface area (Å²) < 4.78 is 6.98. The fraction of sp³-hybridized carbons (Fsp3) is 0.833. The molecule has 1 heterocycles. The van der Waals surface area contributed by atoms with E-state index in [1.165, 1.54) is 0 Å². The van der Waals surface area contributed by atoms with Crippen molar-refractivity contribution < 1.29 is 9.31 Å². The first-order valence-electron chi connectivity index (χ1n) is 3.11. The van der Waals surface area contributed by atoms with Crippen LogP contribution in [0.25, 0.3) is 0 Å². The van der Waals surface area contributed by atoms with E-state index in [1.807, 2.05) is 18.4 Å².